The number of rotatable bonds is 11. The van der Waals surface area contributed by atoms with Gasteiger partial charge in [-0.3, -0.25) is 14.5 Å². The molecular formula is C23H37N5O3. The van der Waals surface area contributed by atoms with E-state index in [0.29, 0.717) is 6.54 Å². The van der Waals surface area contributed by atoms with Crippen LogP contribution in [0.25, 0.3) is 0 Å². The molecule has 0 bridgehead atoms. The highest BCUT2D eigenvalue weighted by Crippen LogP contribution is 2.27. The first kappa shape index (κ1) is 23.5. The van der Waals surface area contributed by atoms with Crippen LogP contribution in [0.15, 0.2) is 30.6 Å². The van der Waals surface area contributed by atoms with E-state index in [2.05, 4.69) is 33.8 Å². The Morgan fingerprint density at radius 2 is 1.94 bits per heavy atom. The second-order valence-corrected chi connectivity index (χ2v) is 8.37. The van der Waals surface area contributed by atoms with Crippen LogP contribution >= 0.6 is 0 Å². The van der Waals surface area contributed by atoms with Gasteiger partial charge in [-0.25, -0.2) is 0 Å². The van der Waals surface area contributed by atoms with Crippen molar-refractivity contribution < 1.29 is 14.6 Å². The molecule has 3 rings (SSSR count). The average Bonchev–Trinajstić information content (AvgIpc) is 3.18. The van der Waals surface area contributed by atoms with Crippen molar-refractivity contribution in [3.05, 3.63) is 41.7 Å². The molecule has 1 saturated heterocycles. The number of likely N-dealkylation sites (N-methyl/N-ethyl adjacent to an activating group) is 1. The minimum atomic E-state index is -0.528. The molecule has 172 valence electrons. The molecule has 0 unspecified atom stereocenters. The highest BCUT2D eigenvalue weighted by molar-refractivity contribution is 5.40. The van der Waals surface area contributed by atoms with Crippen LogP contribution in [-0.4, -0.2) is 95.7 Å². The van der Waals surface area contributed by atoms with Crippen molar-refractivity contribution >= 4 is 0 Å². The van der Waals surface area contributed by atoms with Crippen molar-refractivity contribution in [3.8, 4) is 11.5 Å². The van der Waals surface area contributed by atoms with Crippen molar-refractivity contribution in [1.82, 2.24) is 24.5 Å². The summed E-state index contributed by atoms with van der Waals surface area (Å²) in [5, 5.41) is 14.8. The summed E-state index contributed by atoms with van der Waals surface area (Å²) in [7, 11) is 5.72. The number of aliphatic hydroxyl groups excluding tert-OH is 1. The van der Waals surface area contributed by atoms with E-state index in [0.717, 1.165) is 62.9 Å². The van der Waals surface area contributed by atoms with Crippen LogP contribution in [-0.2, 0) is 20.1 Å². The number of aryl methyl sites for hydroxylation is 1. The van der Waals surface area contributed by atoms with Crippen LogP contribution in [0, 0.1) is 0 Å². The Kier molecular flexibility index (Phi) is 8.71. The first-order valence-electron chi connectivity index (χ1n) is 11.1. The molecule has 8 heteroatoms. The lowest BCUT2D eigenvalue weighted by atomic mass is 10.1. The Labute approximate surface area is 185 Å². The normalized spacial score (nSPS) is 16.6. The molecular weight excluding hydrogens is 394 g/mol. The molecule has 1 atom stereocenters. The molecule has 0 amide bonds. The van der Waals surface area contributed by atoms with Gasteiger partial charge in [0.05, 0.1) is 13.3 Å². The van der Waals surface area contributed by atoms with Gasteiger partial charge in [-0.05, 0) is 19.7 Å². The summed E-state index contributed by atoms with van der Waals surface area (Å²) in [6.07, 6.45) is 3.42. The molecule has 2 aromatic rings. The van der Waals surface area contributed by atoms with Gasteiger partial charge in [0, 0.05) is 76.3 Å². The fourth-order valence-electron chi connectivity index (χ4n) is 3.83. The van der Waals surface area contributed by atoms with Gasteiger partial charge in [0.25, 0.3) is 0 Å². The molecule has 0 saturated carbocycles. The highest BCUT2D eigenvalue weighted by atomic mass is 16.5. The number of piperazine rings is 1. The molecule has 1 aliphatic rings. The quantitative estimate of drug-likeness (QED) is 0.577. The number of nitrogens with zero attached hydrogens (tertiary/aromatic N) is 5. The smallest absolute Gasteiger partial charge is 0.127 e. The lowest BCUT2D eigenvalue weighted by molar-refractivity contribution is 0.0499. The van der Waals surface area contributed by atoms with Gasteiger partial charge in [0.1, 0.15) is 24.2 Å². The second kappa shape index (κ2) is 11.5. The molecule has 0 spiro atoms. The predicted molar refractivity (Wildman–Crippen MR) is 121 cm³/mol. The zero-order valence-corrected chi connectivity index (χ0v) is 19.3. The Bertz CT molecular complexity index is 804. The largest absolute Gasteiger partial charge is 0.497 e. The third kappa shape index (κ3) is 7.21. The SMILES string of the molecule is CCN(Cc1cnn(C)c1)Cc1ccc(OC)cc1OC[C@@H](O)CN1CCN(C)CC1. The molecule has 1 fully saturated rings. The standard InChI is InChI=1S/C23H37N5O3/c1-5-27(15-19-13-24-26(3)14-19)16-20-6-7-22(30-4)12-23(20)31-18-21(29)17-28-10-8-25(2)9-11-28/h6-7,12-14,21,29H,5,8-11,15-18H2,1-4H3/t21-/m0/s1. The predicted octanol–water partition coefficient (Wildman–Crippen LogP) is 1.44. The monoisotopic (exact) mass is 431 g/mol. The van der Waals surface area contributed by atoms with Gasteiger partial charge in [0.2, 0.25) is 0 Å². The topological polar surface area (TPSA) is 66.2 Å². The Hall–Kier alpha value is -2.13. The number of hydrogen-bond donors (Lipinski definition) is 1. The lowest BCUT2D eigenvalue weighted by Crippen LogP contribution is -2.47. The summed E-state index contributed by atoms with van der Waals surface area (Å²) in [6, 6.07) is 5.92. The van der Waals surface area contributed by atoms with E-state index < -0.39 is 6.10 Å². The number of ether oxygens (including phenoxy) is 2. The molecule has 1 aromatic carbocycles. The molecule has 1 N–H and O–H groups in total. The highest BCUT2D eigenvalue weighted by Gasteiger charge is 2.18. The van der Waals surface area contributed by atoms with Crippen molar-refractivity contribution in [3.63, 3.8) is 0 Å². The second-order valence-electron chi connectivity index (χ2n) is 8.37. The van der Waals surface area contributed by atoms with Gasteiger partial charge < -0.3 is 19.5 Å². The zero-order valence-electron chi connectivity index (χ0n) is 19.3. The summed E-state index contributed by atoms with van der Waals surface area (Å²) < 4.78 is 13.3. The minimum absolute atomic E-state index is 0.265. The number of β-amino-alcohol motifs (C(OH)–C–C–N with tert-alkyl or cyclic N) is 1. The van der Waals surface area contributed by atoms with Gasteiger partial charge in [-0.15, -0.1) is 0 Å². The van der Waals surface area contributed by atoms with Crippen LogP contribution in [0.1, 0.15) is 18.1 Å². The third-order valence-corrected chi connectivity index (χ3v) is 5.78. The Balaban J connectivity index is 1.60. The van der Waals surface area contributed by atoms with Crippen LogP contribution in [0.3, 0.4) is 0 Å². The van der Waals surface area contributed by atoms with Crippen LogP contribution < -0.4 is 9.47 Å². The van der Waals surface area contributed by atoms with E-state index in [1.54, 1.807) is 7.11 Å². The molecule has 8 nitrogen and oxygen atoms in total. The van der Waals surface area contributed by atoms with Crippen molar-refractivity contribution in [2.45, 2.75) is 26.1 Å². The first-order chi connectivity index (χ1) is 15.0. The molecule has 2 heterocycles. The number of aliphatic hydroxyl groups is 1. The van der Waals surface area contributed by atoms with Gasteiger partial charge in [0.15, 0.2) is 0 Å². The minimum Gasteiger partial charge on any atom is -0.497 e. The fraction of sp³-hybridized carbons (Fsp3) is 0.609. The zero-order chi connectivity index (χ0) is 22.2. The van der Waals surface area contributed by atoms with Gasteiger partial charge >= 0.3 is 0 Å². The van der Waals surface area contributed by atoms with Crippen molar-refractivity contribution in [2.24, 2.45) is 7.05 Å². The van der Waals surface area contributed by atoms with Gasteiger partial charge in [-0.1, -0.05) is 13.0 Å². The molecule has 31 heavy (non-hydrogen) atoms. The molecule has 0 aliphatic carbocycles. The number of methoxy groups -OCH3 is 1. The summed E-state index contributed by atoms with van der Waals surface area (Å²) in [5.41, 5.74) is 2.27. The number of hydrogen-bond acceptors (Lipinski definition) is 7. The first-order valence-corrected chi connectivity index (χ1v) is 11.1. The summed E-state index contributed by atoms with van der Waals surface area (Å²) in [5.74, 6) is 1.52. The van der Waals surface area contributed by atoms with E-state index >= 15 is 0 Å². The fourth-order valence-corrected chi connectivity index (χ4v) is 3.83. The Morgan fingerprint density at radius 3 is 2.58 bits per heavy atom. The van der Waals surface area contributed by atoms with Crippen LogP contribution in [0.2, 0.25) is 0 Å². The van der Waals surface area contributed by atoms with E-state index in [9.17, 15) is 5.11 Å². The van der Waals surface area contributed by atoms with Gasteiger partial charge in [-0.2, -0.15) is 5.10 Å². The maximum absolute atomic E-state index is 10.5. The van der Waals surface area contributed by atoms with Crippen molar-refractivity contribution in [1.29, 1.82) is 0 Å². The molecule has 0 radical (unpaired) electrons. The average molecular weight is 432 g/mol. The maximum atomic E-state index is 10.5. The summed E-state index contributed by atoms with van der Waals surface area (Å²) >= 11 is 0. The molecule has 1 aromatic heterocycles. The molecule has 1 aliphatic heterocycles. The number of benzene rings is 1. The maximum Gasteiger partial charge on any atom is 0.127 e. The Morgan fingerprint density at radius 1 is 1.16 bits per heavy atom. The van der Waals surface area contributed by atoms with Crippen LogP contribution in [0.4, 0.5) is 0 Å². The van der Waals surface area contributed by atoms with Crippen LogP contribution in [0.5, 0.6) is 11.5 Å². The van der Waals surface area contributed by atoms with E-state index in [4.69, 9.17) is 9.47 Å². The summed E-state index contributed by atoms with van der Waals surface area (Å²) in [6.45, 7) is 9.58. The van der Waals surface area contributed by atoms with E-state index in [1.807, 2.05) is 42.3 Å². The third-order valence-electron chi connectivity index (χ3n) is 5.78. The van der Waals surface area contributed by atoms with Crippen molar-refractivity contribution in [2.75, 3.05) is 60.0 Å². The number of aromatic nitrogens is 2. The summed E-state index contributed by atoms with van der Waals surface area (Å²) in [4.78, 5) is 6.95. The van der Waals surface area contributed by atoms with E-state index in [-0.39, 0.29) is 6.61 Å². The van der Waals surface area contributed by atoms with E-state index in [1.165, 1.54) is 5.56 Å². The lowest BCUT2D eigenvalue weighted by Gasteiger charge is -2.33.